The van der Waals surface area contributed by atoms with Crippen molar-refractivity contribution in [3.63, 3.8) is 0 Å². The molecule has 2 heterocycles. The molecular formula is C18H20Cl2N2O3. The van der Waals surface area contributed by atoms with Crippen molar-refractivity contribution in [3.05, 3.63) is 46.1 Å². The van der Waals surface area contributed by atoms with E-state index in [9.17, 15) is 4.79 Å². The molecule has 1 N–H and O–H groups in total. The smallest absolute Gasteiger partial charge is 0.287 e. The average molecular weight is 383 g/mol. The zero-order valence-corrected chi connectivity index (χ0v) is 15.3. The van der Waals surface area contributed by atoms with E-state index in [1.807, 2.05) is 0 Å². The van der Waals surface area contributed by atoms with Gasteiger partial charge in [0, 0.05) is 30.2 Å². The van der Waals surface area contributed by atoms with Crippen LogP contribution in [0.2, 0.25) is 10.0 Å². The van der Waals surface area contributed by atoms with E-state index < -0.39 is 0 Å². The van der Waals surface area contributed by atoms with Crippen molar-refractivity contribution in [1.29, 1.82) is 0 Å². The maximum Gasteiger partial charge on any atom is 0.287 e. The molecule has 25 heavy (non-hydrogen) atoms. The Kier molecular flexibility index (Phi) is 6.37. The first kappa shape index (κ1) is 18.3. The first-order chi connectivity index (χ1) is 12.1. The zero-order chi connectivity index (χ0) is 17.6. The van der Waals surface area contributed by atoms with Crippen LogP contribution in [0.4, 0.5) is 0 Å². The normalized spacial score (nSPS) is 15.3. The molecule has 5 nitrogen and oxygen atoms in total. The van der Waals surface area contributed by atoms with Gasteiger partial charge in [-0.3, -0.25) is 9.69 Å². The van der Waals surface area contributed by atoms with E-state index in [1.54, 1.807) is 30.3 Å². The highest BCUT2D eigenvalue weighted by Crippen LogP contribution is 2.31. The number of ether oxygens (including phenoxy) is 1. The summed E-state index contributed by atoms with van der Waals surface area (Å²) in [5, 5.41) is 3.96. The van der Waals surface area contributed by atoms with Gasteiger partial charge in [0.1, 0.15) is 5.76 Å². The number of amides is 1. The molecular weight excluding hydrogens is 363 g/mol. The van der Waals surface area contributed by atoms with E-state index in [2.05, 4.69) is 10.2 Å². The molecule has 1 fully saturated rings. The second-order valence-electron chi connectivity index (χ2n) is 5.85. The molecule has 1 aromatic heterocycles. The van der Waals surface area contributed by atoms with Crippen molar-refractivity contribution in [2.75, 3.05) is 39.4 Å². The Labute approximate surface area is 156 Å². The fourth-order valence-corrected chi connectivity index (χ4v) is 3.09. The molecule has 0 unspecified atom stereocenters. The van der Waals surface area contributed by atoms with Gasteiger partial charge in [0.15, 0.2) is 5.76 Å². The molecule has 0 radical (unpaired) electrons. The standard InChI is InChI=1S/C18H20Cl2N2O3/c19-13-2-3-15(20)14(12-13)16-4-5-17(25-16)18(23)21-6-1-7-22-8-10-24-11-9-22/h2-5,12H,1,6-11H2,(H,21,23). The van der Waals surface area contributed by atoms with Crippen molar-refractivity contribution >= 4 is 29.1 Å². The van der Waals surface area contributed by atoms with E-state index in [4.69, 9.17) is 32.4 Å². The lowest BCUT2D eigenvalue weighted by molar-refractivity contribution is 0.0374. The molecule has 0 saturated carbocycles. The first-order valence-corrected chi connectivity index (χ1v) is 9.02. The van der Waals surface area contributed by atoms with Gasteiger partial charge in [-0.1, -0.05) is 23.2 Å². The molecule has 7 heteroatoms. The zero-order valence-electron chi connectivity index (χ0n) is 13.8. The Morgan fingerprint density at radius 3 is 2.76 bits per heavy atom. The van der Waals surface area contributed by atoms with E-state index in [0.717, 1.165) is 39.3 Å². The topological polar surface area (TPSA) is 54.7 Å². The van der Waals surface area contributed by atoms with Crippen molar-refractivity contribution < 1.29 is 13.9 Å². The molecule has 0 atom stereocenters. The quantitative estimate of drug-likeness (QED) is 0.773. The number of benzene rings is 1. The van der Waals surface area contributed by atoms with Crippen LogP contribution in [0.3, 0.4) is 0 Å². The second-order valence-corrected chi connectivity index (χ2v) is 6.70. The van der Waals surface area contributed by atoms with E-state index in [0.29, 0.717) is 27.9 Å². The molecule has 1 aromatic carbocycles. The number of nitrogens with zero attached hydrogens (tertiary/aromatic N) is 1. The predicted octanol–water partition coefficient (Wildman–Crippen LogP) is 3.71. The minimum atomic E-state index is -0.230. The highest BCUT2D eigenvalue weighted by Gasteiger charge is 2.14. The molecule has 1 aliphatic rings. The average Bonchev–Trinajstić information content (AvgIpc) is 3.11. The summed E-state index contributed by atoms with van der Waals surface area (Å²) in [6, 6.07) is 8.49. The van der Waals surface area contributed by atoms with Gasteiger partial charge in [-0.05, 0) is 43.3 Å². The first-order valence-electron chi connectivity index (χ1n) is 8.27. The van der Waals surface area contributed by atoms with Crippen LogP contribution in [0, 0.1) is 0 Å². The second kappa shape index (κ2) is 8.72. The number of carbonyl (C=O) groups excluding carboxylic acids is 1. The van der Waals surface area contributed by atoms with Crippen LogP contribution < -0.4 is 5.32 Å². The number of nitrogens with one attached hydrogen (secondary N) is 1. The Morgan fingerprint density at radius 1 is 1.16 bits per heavy atom. The molecule has 1 saturated heterocycles. The summed E-state index contributed by atoms with van der Waals surface area (Å²) in [5.74, 6) is 0.551. The van der Waals surface area contributed by atoms with E-state index in [-0.39, 0.29) is 11.7 Å². The SMILES string of the molecule is O=C(NCCCN1CCOCC1)c1ccc(-c2cc(Cl)ccc2Cl)o1. The van der Waals surface area contributed by atoms with Crippen molar-refractivity contribution in [1.82, 2.24) is 10.2 Å². The van der Waals surface area contributed by atoms with Crippen LogP contribution in [0.15, 0.2) is 34.7 Å². The van der Waals surface area contributed by atoms with E-state index >= 15 is 0 Å². The molecule has 0 aliphatic carbocycles. The lowest BCUT2D eigenvalue weighted by Crippen LogP contribution is -2.38. The molecule has 0 bridgehead atoms. The number of rotatable bonds is 6. The van der Waals surface area contributed by atoms with Gasteiger partial charge in [-0.2, -0.15) is 0 Å². The third kappa shape index (κ3) is 4.98. The van der Waals surface area contributed by atoms with Crippen LogP contribution in [-0.2, 0) is 4.74 Å². The summed E-state index contributed by atoms with van der Waals surface area (Å²) in [7, 11) is 0. The summed E-state index contributed by atoms with van der Waals surface area (Å²) in [5.41, 5.74) is 0.667. The Bertz CT molecular complexity index is 727. The van der Waals surface area contributed by atoms with Gasteiger partial charge < -0.3 is 14.5 Å². The van der Waals surface area contributed by atoms with Crippen molar-refractivity contribution in [2.45, 2.75) is 6.42 Å². The number of morpholine rings is 1. The molecule has 1 aliphatic heterocycles. The van der Waals surface area contributed by atoms with Gasteiger partial charge in [0.25, 0.3) is 5.91 Å². The lowest BCUT2D eigenvalue weighted by Gasteiger charge is -2.26. The van der Waals surface area contributed by atoms with Crippen LogP contribution >= 0.6 is 23.2 Å². The summed E-state index contributed by atoms with van der Waals surface area (Å²) in [6.07, 6.45) is 0.888. The van der Waals surface area contributed by atoms with Crippen LogP contribution in [-0.4, -0.2) is 50.2 Å². The van der Waals surface area contributed by atoms with Crippen LogP contribution in [0.25, 0.3) is 11.3 Å². The maximum atomic E-state index is 12.2. The van der Waals surface area contributed by atoms with Crippen LogP contribution in [0.5, 0.6) is 0 Å². The molecule has 2 aromatic rings. The minimum absolute atomic E-state index is 0.230. The number of carbonyl (C=O) groups is 1. The fourth-order valence-electron chi connectivity index (χ4n) is 2.71. The minimum Gasteiger partial charge on any atom is -0.451 e. The number of hydrogen-bond donors (Lipinski definition) is 1. The van der Waals surface area contributed by atoms with Crippen LogP contribution in [0.1, 0.15) is 17.0 Å². The Morgan fingerprint density at radius 2 is 1.96 bits per heavy atom. The summed E-state index contributed by atoms with van der Waals surface area (Å²) in [4.78, 5) is 14.5. The lowest BCUT2D eigenvalue weighted by atomic mass is 10.2. The molecule has 1 amide bonds. The van der Waals surface area contributed by atoms with Crippen molar-refractivity contribution in [2.24, 2.45) is 0 Å². The molecule has 3 rings (SSSR count). The van der Waals surface area contributed by atoms with Gasteiger partial charge in [0.2, 0.25) is 0 Å². The fraction of sp³-hybridized carbons (Fsp3) is 0.389. The third-order valence-corrected chi connectivity index (χ3v) is 4.63. The molecule has 0 spiro atoms. The molecule has 134 valence electrons. The highest BCUT2D eigenvalue weighted by atomic mass is 35.5. The highest BCUT2D eigenvalue weighted by molar-refractivity contribution is 6.35. The van der Waals surface area contributed by atoms with Gasteiger partial charge >= 0.3 is 0 Å². The number of halogens is 2. The Balaban J connectivity index is 1.51. The largest absolute Gasteiger partial charge is 0.451 e. The third-order valence-electron chi connectivity index (χ3n) is 4.06. The number of furan rings is 1. The van der Waals surface area contributed by atoms with Gasteiger partial charge in [-0.25, -0.2) is 0 Å². The summed E-state index contributed by atoms with van der Waals surface area (Å²) >= 11 is 12.2. The van der Waals surface area contributed by atoms with Gasteiger partial charge in [0.05, 0.1) is 18.2 Å². The van der Waals surface area contributed by atoms with E-state index in [1.165, 1.54) is 0 Å². The van der Waals surface area contributed by atoms with Crippen molar-refractivity contribution in [3.8, 4) is 11.3 Å². The predicted molar refractivity (Wildman–Crippen MR) is 98.4 cm³/mol. The maximum absolute atomic E-state index is 12.2. The summed E-state index contributed by atoms with van der Waals surface area (Å²) < 4.78 is 10.9. The summed E-state index contributed by atoms with van der Waals surface area (Å²) in [6.45, 7) is 5.03. The Hall–Kier alpha value is -1.53. The monoisotopic (exact) mass is 382 g/mol. The number of hydrogen-bond acceptors (Lipinski definition) is 4. The van der Waals surface area contributed by atoms with Gasteiger partial charge in [-0.15, -0.1) is 0 Å².